The number of aliphatic hydroxyl groups is 6. The van der Waals surface area contributed by atoms with Crippen LogP contribution in [0.4, 0.5) is 0 Å². The lowest BCUT2D eigenvalue weighted by Gasteiger charge is -2.44. The van der Waals surface area contributed by atoms with Crippen LogP contribution < -0.4 is 4.74 Å². The summed E-state index contributed by atoms with van der Waals surface area (Å²) in [6.45, 7) is -0.833. The predicted octanol–water partition coefficient (Wildman–Crippen LogP) is -2.67. The van der Waals surface area contributed by atoms with Crippen molar-refractivity contribution in [3.05, 3.63) is 30.3 Å². The second-order valence-electron chi connectivity index (χ2n) is 6.49. The molecule has 2 aliphatic rings. The molecule has 3 rings (SSSR count). The lowest BCUT2D eigenvalue weighted by atomic mass is 9.98. The minimum absolute atomic E-state index is 0.212. The van der Waals surface area contributed by atoms with Crippen molar-refractivity contribution in [3.63, 3.8) is 0 Å². The molecule has 2 heterocycles. The Morgan fingerprint density at radius 3 is 2.26 bits per heavy atom. The summed E-state index contributed by atoms with van der Waals surface area (Å²) in [5.74, 6) is 0.435. The fraction of sp³-hybridized carbons (Fsp3) is 0.647. The lowest BCUT2D eigenvalue weighted by Crippen LogP contribution is -2.63. The summed E-state index contributed by atoms with van der Waals surface area (Å²) in [5.41, 5.74) is 0. The van der Waals surface area contributed by atoms with E-state index in [-0.39, 0.29) is 6.61 Å². The lowest BCUT2D eigenvalue weighted by molar-refractivity contribution is -0.343. The number of benzene rings is 1. The van der Waals surface area contributed by atoms with Gasteiger partial charge in [-0.1, -0.05) is 18.2 Å². The third-order valence-electron chi connectivity index (χ3n) is 4.56. The second kappa shape index (κ2) is 8.78. The van der Waals surface area contributed by atoms with E-state index in [9.17, 15) is 30.6 Å². The van der Waals surface area contributed by atoms with Crippen LogP contribution in [0.1, 0.15) is 0 Å². The Kier molecular flexibility index (Phi) is 6.63. The Balaban J connectivity index is 1.68. The quantitative estimate of drug-likeness (QED) is 0.314. The Morgan fingerprint density at radius 1 is 0.889 bits per heavy atom. The minimum Gasteiger partial charge on any atom is -0.462 e. The molecule has 0 aliphatic carbocycles. The number of ether oxygens (including phenoxy) is 4. The fourth-order valence-electron chi connectivity index (χ4n) is 3.01. The zero-order valence-corrected chi connectivity index (χ0v) is 14.3. The summed E-state index contributed by atoms with van der Waals surface area (Å²) in [4.78, 5) is 0. The number of para-hydroxylation sites is 1. The Bertz CT molecular complexity index is 584. The molecule has 1 aromatic carbocycles. The third kappa shape index (κ3) is 4.40. The van der Waals surface area contributed by atoms with E-state index in [1.165, 1.54) is 0 Å². The molecule has 0 saturated carbocycles. The average Bonchev–Trinajstić information content (AvgIpc) is 2.68. The zero-order chi connectivity index (χ0) is 19.6. The Morgan fingerprint density at radius 2 is 1.59 bits per heavy atom. The van der Waals surface area contributed by atoms with Crippen molar-refractivity contribution in [3.8, 4) is 5.75 Å². The largest absolute Gasteiger partial charge is 0.462 e. The first kappa shape index (κ1) is 20.4. The highest BCUT2D eigenvalue weighted by Gasteiger charge is 2.48. The summed E-state index contributed by atoms with van der Waals surface area (Å²) in [7, 11) is 0. The van der Waals surface area contributed by atoms with Gasteiger partial charge in [0, 0.05) is 0 Å². The maximum absolute atomic E-state index is 10.5. The van der Waals surface area contributed by atoms with E-state index in [0.717, 1.165) is 0 Å². The van der Waals surface area contributed by atoms with Gasteiger partial charge >= 0.3 is 0 Å². The number of hydrogen-bond acceptors (Lipinski definition) is 10. The van der Waals surface area contributed by atoms with Gasteiger partial charge in [-0.3, -0.25) is 0 Å². The molecule has 0 amide bonds. The first-order chi connectivity index (χ1) is 12.9. The highest BCUT2D eigenvalue weighted by molar-refractivity contribution is 5.21. The maximum atomic E-state index is 10.5. The predicted molar refractivity (Wildman–Crippen MR) is 87.5 cm³/mol. The average molecular weight is 388 g/mol. The van der Waals surface area contributed by atoms with Crippen molar-refractivity contribution in [1.82, 2.24) is 0 Å². The van der Waals surface area contributed by atoms with E-state index in [1.54, 1.807) is 30.3 Å². The minimum atomic E-state index is -1.65. The molecule has 10 nitrogen and oxygen atoms in total. The van der Waals surface area contributed by atoms with Crippen LogP contribution in [0, 0.1) is 0 Å². The molecule has 6 N–H and O–H groups in total. The van der Waals surface area contributed by atoms with Gasteiger partial charge in [0.1, 0.15) is 48.5 Å². The highest BCUT2D eigenvalue weighted by atomic mass is 16.7. The van der Waals surface area contributed by atoms with E-state index in [0.29, 0.717) is 5.75 Å². The Hall–Kier alpha value is -1.34. The molecule has 27 heavy (non-hydrogen) atoms. The van der Waals surface area contributed by atoms with E-state index < -0.39 is 61.9 Å². The molecule has 2 fully saturated rings. The van der Waals surface area contributed by atoms with Crippen molar-refractivity contribution < 1.29 is 49.6 Å². The zero-order valence-electron chi connectivity index (χ0n) is 14.3. The van der Waals surface area contributed by atoms with Crippen LogP contribution in [0.15, 0.2) is 30.3 Å². The van der Waals surface area contributed by atoms with Gasteiger partial charge in [0.25, 0.3) is 0 Å². The van der Waals surface area contributed by atoms with Crippen LogP contribution in [0.3, 0.4) is 0 Å². The van der Waals surface area contributed by atoms with Gasteiger partial charge in [-0.2, -0.15) is 0 Å². The van der Waals surface area contributed by atoms with Gasteiger partial charge in [0.15, 0.2) is 6.29 Å². The van der Waals surface area contributed by atoms with Gasteiger partial charge in [0.2, 0.25) is 6.29 Å². The molecule has 0 bridgehead atoms. The summed E-state index contributed by atoms with van der Waals surface area (Å²) in [6, 6.07) is 8.59. The molecular weight excluding hydrogens is 364 g/mol. The standard InChI is InChI=1S/C17H24O10/c18-6-10-11(20)12(21)13(22)17(26-10)27-15-9(19)7-24-16(14(15)23)25-8-4-2-1-3-5-8/h1-5,9-23H,6-7H2/t9-,10-,11+,12+,13-,14-,15+,16+,17+/m1/s1. The normalized spacial score (nSPS) is 42.7. The molecule has 0 radical (unpaired) electrons. The van der Waals surface area contributed by atoms with Crippen LogP contribution in [-0.2, 0) is 14.2 Å². The molecule has 2 saturated heterocycles. The van der Waals surface area contributed by atoms with Crippen LogP contribution in [0.2, 0.25) is 0 Å². The summed E-state index contributed by atoms with van der Waals surface area (Å²) < 4.78 is 21.6. The topological polar surface area (TPSA) is 158 Å². The van der Waals surface area contributed by atoms with E-state index in [4.69, 9.17) is 18.9 Å². The monoisotopic (exact) mass is 388 g/mol. The molecule has 0 aromatic heterocycles. The van der Waals surface area contributed by atoms with Gasteiger partial charge in [-0.05, 0) is 12.1 Å². The summed E-state index contributed by atoms with van der Waals surface area (Å²) in [5, 5.41) is 59.5. The van der Waals surface area contributed by atoms with Crippen molar-refractivity contribution in [1.29, 1.82) is 0 Å². The molecule has 10 heteroatoms. The second-order valence-corrected chi connectivity index (χ2v) is 6.49. The van der Waals surface area contributed by atoms with Crippen molar-refractivity contribution in [2.45, 2.75) is 55.3 Å². The number of aliphatic hydroxyl groups excluding tert-OH is 6. The van der Waals surface area contributed by atoms with Crippen LogP contribution >= 0.6 is 0 Å². The Labute approximate surface area is 155 Å². The van der Waals surface area contributed by atoms with Gasteiger partial charge in [-0.15, -0.1) is 0 Å². The molecule has 152 valence electrons. The molecular formula is C17H24O10. The molecule has 2 aliphatic heterocycles. The van der Waals surface area contributed by atoms with Gasteiger partial charge in [-0.25, -0.2) is 0 Å². The van der Waals surface area contributed by atoms with Gasteiger partial charge < -0.3 is 49.6 Å². The first-order valence-corrected chi connectivity index (χ1v) is 8.57. The van der Waals surface area contributed by atoms with Crippen LogP contribution in [0.5, 0.6) is 5.75 Å². The van der Waals surface area contributed by atoms with E-state index >= 15 is 0 Å². The summed E-state index contributed by atoms with van der Waals surface area (Å²) >= 11 is 0. The highest BCUT2D eigenvalue weighted by Crippen LogP contribution is 2.28. The van der Waals surface area contributed by atoms with Crippen molar-refractivity contribution >= 4 is 0 Å². The molecule has 0 spiro atoms. The fourth-order valence-corrected chi connectivity index (χ4v) is 3.01. The van der Waals surface area contributed by atoms with Crippen molar-refractivity contribution in [2.24, 2.45) is 0 Å². The smallest absolute Gasteiger partial charge is 0.228 e. The number of hydrogen-bond donors (Lipinski definition) is 6. The third-order valence-corrected chi connectivity index (χ3v) is 4.56. The van der Waals surface area contributed by atoms with E-state index in [2.05, 4.69) is 0 Å². The number of rotatable bonds is 5. The first-order valence-electron chi connectivity index (χ1n) is 8.57. The molecule has 0 unspecified atom stereocenters. The SMILES string of the molecule is OC[C@H]1O[C@@H](O[C@@H]2[C@@H](O)[C@H](Oc3ccccc3)OC[C@H]2O)[C@H](O)[C@@H](O)[C@H]1O. The maximum Gasteiger partial charge on any atom is 0.228 e. The van der Waals surface area contributed by atoms with Gasteiger partial charge in [0.05, 0.1) is 13.2 Å². The molecule has 1 aromatic rings. The molecule has 9 atom stereocenters. The van der Waals surface area contributed by atoms with E-state index in [1.807, 2.05) is 0 Å². The van der Waals surface area contributed by atoms with Crippen LogP contribution in [0.25, 0.3) is 0 Å². The van der Waals surface area contributed by atoms with Crippen LogP contribution in [-0.4, -0.2) is 99.2 Å². The summed E-state index contributed by atoms with van der Waals surface area (Å²) in [6.07, 6.45) is -12.6. The van der Waals surface area contributed by atoms with Crippen molar-refractivity contribution in [2.75, 3.05) is 13.2 Å².